The van der Waals surface area contributed by atoms with Gasteiger partial charge in [0.05, 0.1) is 17.2 Å². The molecule has 1 aromatic rings. The minimum absolute atomic E-state index is 0.0840. The summed E-state index contributed by atoms with van der Waals surface area (Å²) < 4.78 is 23.3. The zero-order valence-electron chi connectivity index (χ0n) is 17.7. The first-order chi connectivity index (χ1) is 14.9. The van der Waals surface area contributed by atoms with E-state index in [9.17, 15) is 18.0 Å². The summed E-state index contributed by atoms with van der Waals surface area (Å²) in [4.78, 5) is 31.8. The van der Waals surface area contributed by atoms with E-state index >= 15 is 0 Å². The molecule has 164 valence electrons. The van der Waals surface area contributed by atoms with Crippen molar-refractivity contribution < 1.29 is 18.0 Å². The highest BCUT2D eigenvalue weighted by atomic mass is 32.2. The number of carbonyl (C=O) groups excluding carboxylic acids is 2. The van der Waals surface area contributed by atoms with Gasteiger partial charge in [-0.3, -0.25) is 14.6 Å². The number of Topliss-reactive ketones (excluding diaryl/α,β-unsaturated/α-hetero) is 1. The van der Waals surface area contributed by atoms with Crippen molar-refractivity contribution in [3.8, 4) is 0 Å². The molecule has 2 aliphatic heterocycles. The van der Waals surface area contributed by atoms with Gasteiger partial charge < -0.3 is 4.90 Å². The molecule has 31 heavy (non-hydrogen) atoms. The van der Waals surface area contributed by atoms with Crippen LogP contribution in [0.3, 0.4) is 0 Å². The molecule has 1 amide bonds. The van der Waals surface area contributed by atoms with Crippen LogP contribution in [0.1, 0.15) is 54.6 Å². The molecule has 0 N–H and O–H groups in total. The summed E-state index contributed by atoms with van der Waals surface area (Å²) in [6.45, 7) is 1.19. The van der Waals surface area contributed by atoms with E-state index in [1.165, 1.54) is 5.57 Å². The van der Waals surface area contributed by atoms with Crippen molar-refractivity contribution in [2.75, 3.05) is 24.6 Å². The Balaban J connectivity index is 1.31. The predicted molar refractivity (Wildman–Crippen MR) is 119 cm³/mol. The van der Waals surface area contributed by atoms with E-state index in [-0.39, 0.29) is 29.2 Å². The Hall–Kier alpha value is -2.28. The third kappa shape index (κ3) is 4.38. The molecule has 2 aliphatic carbocycles. The fraction of sp³-hybridized carbons (Fsp3) is 0.542. The monoisotopic (exact) mass is 440 g/mol. The van der Waals surface area contributed by atoms with Crippen LogP contribution >= 0.6 is 0 Å². The Morgan fingerprint density at radius 3 is 2.55 bits per heavy atom. The van der Waals surface area contributed by atoms with E-state index in [0.29, 0.717) is 38.1 Å². The lowest BCUT2D eigenvalue weighted by Crippen LogP contribution is -2.41. The van der Waals surface area contributed by atoms with Crippen molar-refractivity contribution in [1.82, 2.24) is 9.88 Å². The van der Waals surface area contributed by atoms with Gasteiger partial charge in [-0.15, -0.1) is 0 Å². The number of ketones is 1. The summed E-state index contributed by atoms with van der Waals surface area (Å²) in [5.74, 6) is 0.687. The van der Waals surface area contributed by atoms with Crippen molar-refractivity contribution >= 4 is 33.2 Å². The summed E-state index contributed by atoms with van der Waals surface area (Å²) in [7, 11) is -2.96. The number of amides is 1. The van der Waals surface area contributed by atoms with Crippen LogP contribution in [-0.4, -0.2) is 54.6 Å². The molecule has 1 saturated heterocycles. The van der Waals surface area contributed by atoms with Crippen LogP contribution in [0.15, 0.2) is 18.2 Å². The quantitative estimate of drug-likeness (QED) is 0.703. The third-order valence-corrected chi connectivity index (χ3v) is 8.66. The lowest BCUT2D eigenvalue weighted by Gasteiger charge is -2.32. The first kappa shape index (κ1) is 20.6. The number of nitrogens with zero attached hydrogens (tertiary/aromatic N) is 2. The standard InChI is InChI=1S/C24H28N2O4S/c27-23(17-4-5-17)15-19-14-21(20-2-1-3-22(20)25-19)16-6-10-26(11-7-16)24(28)18-8-12-31(29,30)13-9-18/h1-2,6,14,17-18H,3-5,7-13,15H2. The average Bonchev–Trinajstić information content (AvgIpc) is 3.51. The van der Waals surface area contributed by atoms with E-state index < -0.39 is 9.84 Å². The highest BCUT2D eigenvalue weighted by Crippen LogP contribution is 2.34. The zero-order valence-corrected chi connectivity index (χ0v) is 18.5. The molecular weight excluding hydrogens is 412 g/mol. The number of allylic oxidation sites excluding steroid dienone is 1. The molecular formula is C24H28N2O4S. The van der Waals surface area contributed by atoms with Crippen LogP contribution in [0.25, 0.3) is 11.6 Å². The first-order valence-electron chi connectivity index (χ1n) is 11.3. The molecule has 7 heteroatoms. The van der Waals surface area contributed by atoms with Crippen molar-refractivity contribution in [3.05, 3.63) is 40.7 Å². The normalized spacial score (nSPS) is 22.8. The minimum atomic E-state index is -2.96. The van der Waals surface area contributed by atoms with Crippen molar-refractivity contribution in [3.63, 3.8) is 0 Å². The van der Waals surface area contributed by atoms with Gasteiger partial charge in [0.2, 0.25) is 5.91 Å². The SMILES string of the molecule is O=C(Cc1cc(C2=CCN(C(=O)C3CCS(=O)(=O)CC3)CC2)c2c(n1)CC=C2)C1CC1. The van der Waals surface area contributed by atoms with Crippen LogP contribution in [-0.2, 0) is 32.3 Å². The van der Waals surface area contributed by atoms with E-state index in [1.54, 1.807) is 0 Å². The maximum Gasteiger partial charge on any atom is 0.226 e. The molecule has 0 bridgehead atoms. The highest BCUT2D eigenvalue weighted by molar-refractivity contribution is 7.91. The summed E-state index contributed by atoms with van der Waals surface area (Å²) >= 11 is 0. The summed E-state index contributed by atoms with van der Waals surface area (Å²) in [6, 6.07) is 2.07. The number of fused-ring (bicyclic) bond motifs is 1. The second-order valence-corrected chi connectivity index (χ2v) is 11.5. The van der Waals surface area contributed by atoms with E-state index in [1.807, 2.05) is 4.90 Å². The predicted octanol–water partition coefficient (Wildman–Crippen LogP) is 2.61. The lowest BCUT2D eigenvalue weighted by atomic mass is 9.92. The maximum atomic E-state index is 12.9. The van der Waals surface area contributed by atoms with Gasteiger partial charge in [0.15, 0.2) is 0 Å². The molecule has 5 rings (SSSR count). The summed E-state index contributed by atoms with van der Waals surface area (Å²) in [5, 5.41) is 0. The second-order valence-electron chi connectivity index (χ2n) is 9.24. The molecule has 4 aliphatic rings. The number of carbonyl (C=O) groups is 2. The van der Waals surface area contributed by atoms with Crippen molar-refractivity contribution in [1.29, 1.82) is 0 Å². The van der Waals surface area contributed by atoms with E-state index in [2.05, 4.69) is 24.3 Å². The second kappa shape index (κ2) is 8.01. The Bertz CT molecular complexity index is 1080. The largest absolute Gasteiger partial charge is 0.338 e. The Morgan fingerprint density at radius 2 is 1.87 bits per heavy atom. The minimum Gasteiger partial charge on any atom is -0.338 e. The van der Waals surface area contributed by atoms with Gasteiger partial charge in [-0.05, 0) is 49.3 Å². The van der Waals surface area contributed by atoms with E-state index in [4.69, 9.17) is 4.98 Å². The van der Waals surface area contributed by atoms with Gasteiger partial charge in [0, 0.05) is 49.0 Å². The van der Waals surface area contributed by atoms with Crippen molar-refractivity contribution in [2.45, 2.75) is 44.9 Å². The lowest BCUT2D eigenvalue weighted by molar-refractivity contribution is -0.135. The number of hydrogen-bond acceptors (Lipinski definition) is 5. The van der Waals surface area contributed by atoms with Gasteiger partial charge in [0.1, 0.15) is 15.6 Å². The fourth-order valence-electron chi connectivity index (χ4n) is 4.89. The van der Waals surface area contributed by atoms with Gasteiger partial charge >= 0.3 is 0 Å². The molecule has 2 fully saturated rings. The summed E-state index contributed by atoms with van der Waals surface area (Å²) in [6.07, 6.45) is 11.2. The molecule has 6 nitrogen and oxygen atoms in total. The molecule has 0 atom stereocenters. The molecule has 0 aromatic carbocycles. The highest BCUT2D eigenvalue weighted by Gasteiger charge is 2.33. The van der Waals surface area contributed by atoms with Crippen LogP contribution in [0, 0.1) is 11.8 Å². The van der Waals surface area contributed by atoms with Crippen LogP contribution < -0.4 is 0 Å². The van der Waals surface area contributed by atoms with Gasteiger partial charge in [-0.25, -0.2) is 8.42 Å². The van der Waals surface area contributed by atoms with Gasteiger partial charge in [-0.1, -0.05) is 18.2 Å². The van der Waals surface area contributed by atoms with E-state index in [0.717, 1.165) is 48.2 Å². The molecule has 3 heterocycles. The van der Waals surface area contributed by atoms with Crippen molar-refractivity contribution in [2.24, 2.45) is 11.8 Å². The fourth-order valence-corrected chi connectivity index (χ4v) is 6.38. The Labute approximate surface area is 183 Å². The molecule has 1 aromatic heterocycles. The summed E-state index contributed by atoms with van der Waals surface area (Å²) in [5.41, 5.74) is 5.40. The number of sulfone groups is 1. The molecule has 1 saturated carbocycles. The number of rotatable bonds is 5. The topological polar surface area (TPSA) is 84.4 Å². The number of aromatic nitrogens is 1. The smallest absolute Gasteiger partial charge is 0.226 e. The third-order valence-electron chi connectivity index (χ3n) is 6.94. The molecule has 0 radical (unpaired) electrons. The zero-order chi connectivity index (χ0) is 21.6. The number of hydrogen-bond donors (Lipinski definition) is 0. The Kier molecular flexibility index (Phi) is 5.32. The first-order valence-corrected chi connectivity index (χ1v) is 13.1. The average molecular weight is 441 g/mol. The number of pyridine rings is 1. The Morgan fingerprint density at radius 1 is 1.10 bits per heavy atom. The van der Waals surface area contributed by atoms with Crippen LogP contribution in [0.4, 0.5) is 0 Å². The maximum absolute atomic E-state index is 12.9. The van der Waals surface area contributed by atoms with Crippen LogP contribution in [0.5, 0.6) is 0 Å². The van der Waals surface area contributed by atoms with Gasteiger partial charge in [0.25, 0.3) is 0 Å². The van der Waals surface area contributed by atoms with Gasteiger partial charge in [-0.2, -0.15) is 0 Å². The molecule has 0 unspecified atom stereocenters. The molecule has 0 spiro atoms. The van der Waals surface area contributed by atoms with Crippen LogP contribution in [0.2, 0.25) is 0 Å².